The van der Waals surface area contributed by atoms with Crippen LogP contribution in [0.25, 0.3) is 0 Å². The quantitative estimate of drug-likeness (QED) is 0.560. The van der Waals surface area contributed by atoms with Crippen LogP contribution in [0, 0.1) is 5.82 Å². The van der Waals surface area contributed by atoms with Gasteiger partial charge in [0.2, 0.25) is 0 Å². The summed E-state index contributed by atoms with van der Waals surface area (Å²) in [5.41, 5.74) is 1.66. The zero-order valence-corrected chi connectivity index (χ0v) is 21.7. The molecular weight excluding hydrogens is 459 g/mol. The summed E-state index contributed by atoms with van der Waals surface area (Å²) < 4.78 is 31.9. The largest absolute Gasteiger partial charge is 0.491 e. The first-order valence-corrected chi connectivity index (χ1v) is 13.2. The van der Waals surface area contributed by atoms with Crippen LogP contribution in [-0.2, 0) is 11.3 Å². The van der Waals surface area contributed by atoms with Crippen molar-refractivity contribution in [3.63, 3.8) is 0 Å². The summed E-state index contributed by atoms with van der Waals surface area (Å²) >= 11 is 0. The van der Waals surface area contributed by atoms with E-state index in [-0.39, 0.29) is 29.9 Å². The number of hydrogen-bond acceptors (Lipinski definition) is 5. The summed E-state index contributed by atoms with van der Waals surface area (Å²) in [6.07, 6.45) is 4.91. The molecule has 6 nitrogen and oxygen atoms in total. The van der Waals surface area contributed by atoms with E-state index in [4.69, 9.17) is 14.2 Å². The van der Waals surface area contributed by atoms with Crippen LogP contribution >= 0.6 is 0 Å². The molecule has 2 bridgehead atoms. The Morgan fingerprint density at radius 3 is 2.58 bits per heavy atom. The fraction of sp³-hybridized carbons (Fsp3) is 0.552. The van der Waals surface area contributed by atoms with E-state index in [1.54, 1.807) is 19.2 Å². The number of piperidine rings is 1. The Labute approximate surface area is 214 Å². The molecule has 0 aliphatic carbocycles. The highest BCUT2D eigenvalue weighted by molar-refractivity contribution is 5.95. The van der Waals surface area contributed by atoms with E-state index < -0.39 is 5.82 Å². The molecule has 1 amide bonds. The Bertz CT molecular complexity index is 997. The Morgan fingerprint density at radius 1 is 1.03 bits per heavy atom. The molecule has 7 heteroatoms. The minimum absolute atomic E-state index is 0.0226. The number of ether oxygens (including phenoxy) is 3. The Kier molecular flexibility index (Phi) is 9.21. The van der Waals surface area contributed by atoms with Gasteiger partial charge in [-0.25, -0.2) is 4.39 Å². The van der Waals surface area contributed by atoms with Crippen molar-refractivity contribution in [2.75, 3.05) is 33.4 Å². The molecule has 0 aromatic heterocycles. The summed E-state index contributed by atoms with van der Waals surface area (Å²) in [6, 6.07) is 12.7. The standard InChI is InChI=1S/C29H39FN2O4/c1-21(2)36-24-12-9-22(10-13-24)20-31-15-5-4-7-26-27(34-3)8-6-16-32(26)29(33)23-11-14-25(30)28(19-23)35-18-17-31/h9-14,19,21,26-27H,4-8,15-18,20H2,1-3H3/t26-,27-/m1/s1. The van der Waals surface area contributed by atoms with Gasteiger partial charge in [-0.3, -0.25) is 9.69 Å². The molecule has 2 atom stereocenters. The van der Waals surface area contributed by atoms with Gasteiger partial charge in [0.25, 0.3) is 5.91 Å². The minimum Gasteiger partial charge on any atom is -0.491 e. The van der Waals surface area contributed by atoms with Crippen molar-refractivity contribution in [1.29, 1.82) is 0 Å². The van der Waals surface area contributed by atoms with Crippen LogP contribution < -0.4 is 9.47 Å². The molecule has 2 aliphatic rings. The molecule has 2 aromatic carbocycles. The second-order valence-corrected chi connectivity index (χ2v) is 10.1. The Hall–Kier alpha value is -2.64. The van der Waals surface area contributed by atoms with Crippen LogP contribution in [-0.4, -0.2) is 67.3 Å². The third-order valence-electron chi connectivity index (χ3n) is 7.05. The van der Waals surface area contributed by atoms with Crippen molar-refractivity contribution in [2.45, 2.75) is 70.7 Å². The lowest BCUT2D eigenvalue weighted by Gasteiger charge is -2.41. The number of rotatable bonds is 5. The molecule has 2 heterocycles. The van der Waals surface area contributed by atoms with Gasteiger partial charge in [-0.15, -0.1) is 0 Å². The zero-order valence-electron chi connectivity index (χ0n) is 21.7. The number of amides is 1. The van der Waals surface area contributed by atoms with Crippen LogP contribution in [0.5, 0.6) is 11.5 Å². The third kappa shape index (κ3) is 6.77. The maximum atomic E-state index is 14.5. The van der Waals surface area contributed by atoms with E-state index in [1.807, 2.05) is 30.9 Å². The second kappa shape index (κ2) is 12.5. The van der Waals surface area contributed by atoms with Crippen LogP contribution in [0.15, 0.2) is 42.5 Å². The first kappa shape index (κ1) is 26.4. The fourth-order valence-corrected chi connectivity index (χ4v) is 5.25. The van der Waals surface area contributed by atoms with E-state index in [2.05, 4.69) is 17.0 Å². The number of hydrogen-bond donors (Lipinski definition) is 0. The molecule has 0 spiro atoms. The van der Waals surface area contributed by atoms with Gasteiger partial charge in [-0.05, 0) is 82.0 Å². The highest BCUT2D eigenvalue weighted by Gasteiger charge is 2.34. The topological polar surface area (TPSA) is 51.2 Å². The summed E-state index contributed by atoms with van der Waals surface area (Å²) in [5, 5.41) is 0. The third-order valence-corrected chi connectivity index (χ3v) is 7.05. The predicted octanol–water partition coefficient (Wildman–Crippen LogP) is 5.30. The van der Waals surface area contributed by atoms with Crippen LogP contribution in [0.1, 0.15) is 61.9 Å². The minimum atomic E-state index is -0.448. The number of carbonyl (C=O) groups excluding carboxylic acids is 1. The molecule has 1 saturated heterocycles. The first-order chi connectivity index (χ1) is 17.4. The van der Waals surface area contributed by atoms with Crippen molar-refractivity contribution in [1.82, 2.24) is 9.80 Å². The van der Waals surface area contributed by atoms with E-state index in [0.717, 1.165) is 50.9 Å². The van der Waals surface area contributed by atoms with Gasteiger partial charge in [0.15, 0.2) is 11.6 Å². The van der Waals surface area contributed by atoms with Crippen LogP contribution in [0.4, 0.5) is 4.39 Å². The SMILES string of the molecule is CO[C@@H]1CCCN2C(=O)c3ccc(F)c(c3)OCCN(Cc3ccc(OC(C)C)cc3)CCCC[C@H]12. The maximum absolute atomic E-state index is 14.5. The van der Waals surface area contributed by atoms with E-state index >= 15 is 0 Å². The predicted molar refractivity (Wildman–Crippen MR) is 138 cm³/mol. The zero-order chi connectivity index (χ0) is 25.5. The van der Waals surface area contributed by atoms with Crippen LogP contribution in [0.3, 0.4) is 0 Å². The lowest BCUT2D eigenvalue weighted by Crippen LogP contribution is -2.51. The number of methoxy groups -OCH3 is 1. The fourth-order valence-electron chi connectivity index (χ4n) is 5.25. The molecule has 196 valence electrons. The maximum Gasteiger partial charge on any atom is 0.254 e. The first-order valence-electron chi connectivity index (χ1n) is 13.2. The van der Waals surface area contributed by atoms with Gasteiger partial charge in [0.05, 0.1) is 18.2 Å². The van der Waals surface area contributed by atoms with E-state index in [9.17, 15) is 9.18 Å². The summed E-state index contributed by atoms with van der Waals surface area (Å²) in [6.45, 7) is 7.42. The number of carbonyl (C=O) groups is 1. The normalized spacial score (nSPS) is 22.0. The molecular formula is C29H39FN2O4. The lowest BCUT2D eigenvalue weighted by molar-refractivity contribution is -0.0156. The highest BCUT2D eigenvalue weighted by atomic mass is 19.1. The van der Waals surface area contributed by atoms with Gasteiger partial charge in [-0.1, -0.05) is 18.6 Å². The van der Waals surface area contributed by atoms with E-state index in [0.29, 0.717) is 25.3 Å². The van der Waals surface area contributed by atoms with Crippen molar-refractivity contribution in [2.24, 2.45) is 0 Å². The number of fused-ring (bicyclic) bond motifs is 3. The molecule has 2 aromatic rings. The van der Waals surface area contributed by atoms with Crippen molar-refractivity contribution >= 4 is 5.91 Å². The number of benzene rings is 2. The highest BCUT2D eigenvalue weighted by Crippen LogP contribution is 2.28. The molecule has 4 rings (SSSR count). The molecule has 2 aliphatic heterocycles. The van der Waals surface area contributed by atoms with Crippen molar-refractivity contribution in [3.05, 3.63) is 59.4 Å². The monoisotopic (exact) mass is 498 g/mol. The Morgan fingerprint density at radius 2 is 1.83 bits per heavy atom. The summed E-state index contributed by atoms with van der Waals surface area (Å²) in [5.74, 6) is 0.476. The lowest BCUT2D eigenvalue weighted by atomic mass is 9.93. The second-order valence-electron chi connectivity index (χ2n) is 10.1. The number of halogens is 1. The summed E-state index contributed by atoms with van der Waals surface area (Å²) in [7, 11) is 1.73. The molecule has 0 N–H and O–H groups in total. The number of nitrogens with zero attached hydrogens (tertiary/aromatic N) is 2. The average molecular weight is 499 g/mol. The Balaban J connectivity index is 1.51. The average Bonchev–Trinajstić information content (AvgIpc) is 2.87. The molecule has 1 fully saturated rings. The molecule has 36 heavy (non-hydrogen) atoms. The molecule has 0 radical (unpaired) electrons. The van der Waals surface area contributed by atoms with Gasteiger partial charge in [-0.2, -0.15) is 0 Å². The smallest absolute Gasteiger partial charge is 0.254 e. The van der Waals surface area contributed by atoms with Gasteiger partial charge in [0, 0.05) is 32.3 Å². The summed E-state index contributed by atoms with van der Waals surface area (Å²) in [4.78, 5) is 17.7. The molecule has 0 saturated carbocycles. The van der Waals surface area contributed by atoms with Crippen molar-refractivity contribution in [3.8, 4) is 11.5 Å². The molecule has 0 unspecified atom stereocenters. The van der Waals surface area contributed by atoms with Crippen LogP contribution in [0.2, 0.25) is 0 Å². The van der Waals surface area contributed by atoms with Gasteiger partial charge < -0.3 is 19.1 Å². The van der Waals surface area contributed by atoms with Crippen molar-refractivity contribution < 1.29 is 23.4 Å². The van der Waals surface area contributed by atoms with Gasteiger partial charge >= 0.3 is 0 Å². The van der Waals surface area contributed by atoms with E-state index in [1.165, 1.54) is 11.6 Å². The van der Waals surface area contributed by atoms with Gasteiger partial charge in [0.1, 0.15) is 12.4 Å².